The molecule has 70 valence electrons. The van der Waals surface area contributed by atoms with E-state index in [4.69, 9.17) is 5.11 Å². The number of rotatable bonds is 5. The van der Waals surface area contributed by atoms with Gasteiger partial charge in [0.1, 0.15) is 6.04 Å². The fourth-order valence-corrected chi connectivity index (χ4v) is 0.768. The minimum atomic E-state index is -1.01. The van der Waals surface area contributed by atoms with E-state index in [0.717, 1.165) is 0 Å². The average molecular weight is 174 g/mol. The molecule has 1 unspecified atom stereocenters. The SMILES string of the molecule is CCNC(=O)CC(NC)C(=O)O. The third-order valence-corrected chi connectivity index (χ3v) is 1.41. The summed E-state index contributed by atoms with van der Waals surface area (Å²) in [7, 11) is 1.51. The number of aliphatic carboxylic acids is 1. The summed E-state index contributed by atoms with van der Waals surface area (Å²) in [6.07, 6.45) is -0.0281. The van der Waals surface area contributed by atoms with Gasteiger partial charge in [0, 0.05) is 6.54 Å². The van der Waals surface area contributed by atoms with Crippen molar-refractivity contribution in [2.24, 2.45) is 0 Å². The first-order chi connectivity index (χ1) is 5.61. The van der Waals surface area contributed by atoms with Crippen LogP contribution in [0.25, 0.3) is 0 Å². The van der Waals surface area contributed by atoms with Gasteiger partial charge >= 0.3 is 5.97 Å². The van der Waals surface area contributed by atoms with Gasteiger partial charge in [0.05, 0.1) is 6.42 Å². The van der Waals surface area contributed by atoms with Crippen LogP contribution in [0.2, 0.25) is 0 Å². The summed E-state index contributed by atoms with van der Waals surface area (Å²) in [5, 5.41) is 13.6. The lowest BCUT2D eigenvalue weighted by Crippen LogP contribution is -2.39. The van der Waals surface area contributed by atoms with Crippen molar-refractivity contribution in [3.05, 3.63) is 0 Å². The first-order valence-electron chi connectivity index (χ1n) is 3.78. The largest absolute Gasteiger partial charge is 0.480 e. The minimum absolute atomic E-state index is 0.0281. The summed E-state index contributed by atoms with van der Waals surface area (Å²) in [5.74, 6) is -1.26. The van der Waals surface area contributed by atoms with E-state index >= 15 is 0 Å². The Balaban J connectivity index is 3.85. The van der Waals surface area contributed by atoms with Crippen molar-refractivity contribution in [1.82, 2.24) is 10.6 Å². The minimum Gasteiger partial charge on any atom is -0.480 e. The van der Waals surface area contributed by atoms with E-state index < -0.39 is 12.0 Å². The molecule has 0 aromatic heterocycles. The molecule has 0 bridgehead atoms. The van der Waals surface area contributed by atoms with Crippen LogP contribution in [0.5, 0.6) is 0 Å². The number of carboxylic acid groups (broad SMARTS) is 1. The molecule has 0 aromatic rings. The van der Waals surface area contributed by atoms with E-state index in [1.165, 1.54) is 7.05 Å². The molecule has 3 N–H and O–H groups in total. The lowest BCUT2D eigenvalue weighted by Gasteiger charge is -2.09. The van der Waals surface area contributed by atoms with Gasteiger partial charge in [-0.3, -0.25) is 9.59 Å². The highest BCUT2D eigenvalue weighted by molar-refractivity contribution is 5.84. The lowest BCUT2D eigenvalue weighted by atomic mass is 10.2. The lowest BCUT2D eigenvalue weighted by molar-refractivity contribution is -0.141. The van der Waals surface area contributed by atoms with Crippen LogP contribution in [0.3, 0.4) is 0 Å². The van der Waals surface area contributed by atoms with Crippen molar-refractivity contribution in [1.29, 1.82) is 0 Å². The van der Waals surface area contributed by atoms with Gasteiger partial charge < -0.3 is 15.7 Å². The molecule has 0 aliphatic carbocycles. The second kappa shape index (κ2) is 5.54. The molecule has 0 heterocycles. The zero-order valence-electron chi connectivity index (χ0n) is 7.26. The highest BCUT2D eigenvalue weighted by atomic mass is 16.4. The van der Waals surface area contributed by atoms with Gasteiger partial charge in [0.15, 0.2) is 0 Å². The van der Waals surface area contributed by atoms with E-state index in [2.05, 4.69) is 10.6 Å². The summed E-state index contributed by atoms with van der Waals surface area (Å²) >= 11 is 0. The Hall–Kier alpha value is -1.10. The second-order valence-corrected chi connectivity index (χ2v) is 2.34. The van der Waals surface area contributed by atoms with Crippen LogP contribution >= 0.6 is 0 Å². The molecule has 12 heavy (non-hydrogen) atoms. The second-order valence-electron chi connectivity index (χ2n) is 2.34. The molecule has 0 radical (unpaired) electrons. The molecule has 0 aliphatic heterocycles. The number of nitrogens with one attached hydrogen (secondary N) is 2. The Morgan fingerprint density at radius 3 is 2.42 bits per heavy atom. The number of likely N-dealkylation sites (N-methyl/N-ethyl adjacent to an activating group) is 1. The number of hydrogen-bond acceptors (Lipinski definition) is 3. The van der Waals surface area contributed by atoms with Gasteiger partial charge in [-0.1, -0.05) is 0 Å². The number of carboxylic acids is 1. The van der Waals surface area contributed by atoms with Crippen molar-refractivity contribution in [2.45, 2.75) is 19.4 Å². The number of amides is 1. The first-order valence-corrected chi connectivity index (χ1v) is 3.78. The number of carbonyl (C=O) groups is 2. The maximum Gasteiger partial charge on any atom is 0.321 e. The molecule has 5 nitrogen and oxygen atoms in total. The number of hydrogen-bond donors (Lipinski definition) is 3. The van der Waals surface area contributed by atoms with Crippen LogP contribution in [0.1, 0.15) is 13.3 Å². The van der Waals surface area contributed by atoms with Gasteiger partial charge in [-0.2, -0.15) is 0 Å². The van der Waals surface area contributed by atoms with E-state index in [9.17, 15) is 9.59 Å². The summed E-state index contributed by atoms with van der Waals surface area (Å²) in [6, 6.07) is -0.795. The van der Waals surface area contributed by atoms with Crippen LogP contribution in [0.15, 0.2) is 0 Å². The van der Waals surface area contributed by atoms with Gasteiger partial charge in [-0.25, -0.2) is 0 Å². The molecule has 0 saturated carbocycles. The monoisotopic (exact) mass is 174 g/mol. The van der Waals surface area contributed by atoms with Crippen LogP contribution in [0, 0.1) is 0 Å². The summed E-state index contributed by atoms with van der Waals surface area (Å²) in [4.78, 5) is 21.3. The Morgan fingerprint density at radius 1 is 1.50 bits per heavy atom. The molecule has 1 atom stereocenters. The molecule has 5 heteroatoms. The quantitative estimate of drug-likeness (QED) is 0.509. The van der Waals surface area contributed by atoms with Crippen molar-refractivity contribution in [2.75, 3.05) is 13.6 Å². The Bertz CT molecular complexity index is 170. The average Bonchev–Trinajstić information content (AvgIpc) is 2.00. The zero-order valence-corrected chi connectivity index (χ0v) is 7.26. The smallest absolute Gasteiger partial charge is 0.321 e. The van der Waals surface area contributed by atoms with Gasteiger partial charge in [-0.15, -0.1) is 0 Å². The Kier molecular flexibility index (Phi) is 5.03. The van der Waals surface area contributed by atoms with E-state index in [0.29, 0.717) is 6.54 Å². The molecular weight excluding hydrogens is 160 g/mol. The van der Waals surface area contributed by atoms with E-state index in [1.54, 1.807) is 6.92 Å². The molecule has 0 aliphatic rings. The Morgan fingerprint density at radius 2 is 2.08 bits per heavy atom. The Labute approximate surface area is 71.1 Å². The third kappa shape index (κ3) is 3.92. The molecule has 0 fully saturated rings. The van der Waals surface area contributed by atoms with Crippen molar-refractivity contribution in [3.8, 4) is 0 Å². The standard InChI is InChI=1S/C7H14N2O3/c1-3-9-6(10)4-5(8-2)7(11)12/h5,8H,3-4H2,1-2H3,(H,9,10)(H,11,12). The summed E-state index contributed by atoms with van der Waals surface area (Å²) in [5.41, 5.74) is 0. The van der Waals surface area contributed by atoms with Crippen molar-refractivity contribution in [3.63, 3.8) is 0 Å². The van der Waals surface area contributed by atoms with E-state index in [-0.39, 0.29) is 12.3 Å². The summed E-state index contributed by atoms with van der Waals surface area (Å²) in [6.45, 7) is 2.31. The maximum atomic E-state index is 10.9. The predicted molar refractivity (Wildman–Crippen MR) is 43.8 cm³/mol. The fraction of sp³-hybridized carbons (Fsp3) is 0.714. The van der Waals surface area contributed by atoms with Crippen molar-refractivity contribution < 1.29 is 14.7 Å². The molecule has 0 saturated heterocycles. The fourth-order valence-electron chi connectivity index (χ4n) is 0.768. The molecule has 0 spiro atoms. The third-order valence-electron chi connectivity index (χ3n) is 1.41. The van der Waals surface area contributed by atoms with Gasteiger partial charge in [-0.05, 0) is 14.0 Å². The number of carbonyl (C=O) groups excluding carboxylic acids is 1. The molecular formula is C7H14N2O3. The zero-order chi connectivity index (χ0) is 9.56. The highest BCUT2D eigenvalue weighted by Crippen LogP contribution is 1.90. The normalized spacial score (nSPS) is 12.2. The van der Waals surface area contributed by atoms with Crippen LogP contribution in [-0.2, 0) is 9.59 Å². The van der Waals surface area contributed by atoms with Crippen LogP contribution < -0.4 is 10.6 Å². The maximum absolute atomic E-state index is 10.9. The van der Waals surface area contributed by atoms with Crippen molar-refractivity contribution >= 4 is 11.9 Å². The predicted octanol–water partition coefficient (Wildman–Crippen LogP) is -0.815. The topological polar surface area (TPSA) is 78.4 Å². The molecule has 1 amide bonds. The highest BCUT2D eigenvalue weighted by Gasteiger charge is 2.17. The van der Waals surface area contributed by atoms with Gasteiger partial charge in [0.25, 0.3) is 0 Å². The molecule has 0 aromatic carbocycles. The first kappa shape index (κ1) is 10.9. The van der Waals surface area contributed by atoms with Crippen LogP contribution in [0.4, 0.5) is 0 Å². The summed E-state index contributed by atoms with van der Waals surface area (Å²) < 4.78 is 0. The van der Waals surface area contributed by atoms with Crippen LogP contribution in [-0.4, -0.2) is 36.6 Å². The van der Waals surface area contributed by atoms with E-state index in [1.807, 2.05) is 0 Å². The molecule has 0 rings (SSSR count). The van der Waals surface area contributed by atoms with Gasteiger partial charge in [0.2, 0.25) is 5.91 Å².